The molecule has 0 fully saturated rings. The zero-order valence-corrected chi connectivity index (χ0v) is 16.0. The van der Waals surface area contributed by atoms with Crippen molar-refractivity contribution in [2.24, 2.45) is 0 Å². The number of rotatable bonds is 8. The maximum atomic E-state index is 14.0. The number of hydrogen-bond donors (Lipinski definition) is 1. The fourth-order valence-corrected chi connectivity index (χ4v) is 2.60. The number of ether oxygens (including phenoxy) is 1. The van der Waals surface area contributed by atoms with E-state index in [9.17, 15) is 14.0 Å². The molecule has 7 heteroatoms. The molecule has 5 nitrogen and oxygen atoms in total. The van der Waals surface area contributed by atoms with Crippen molar-refractivity contribution in [1.29, 1.82) is 0 Å². The lowest BCUT2D eigenvalue weighted by Gasteiger charge is -2.28. The van der Waals surface area contributed by atoms with Gasteiger partial charge in [-0.25, -0.2) is 4.39 Å². The van der Waals surface area contributed by atoms with Gasteiger partial charge < -0.3 is 15.0 Å². The van der Waals surface area contributed by atoms with Crippen LogP contribution in [-0.4, -0.2) is 35.9 Å². The molecule has 0 aliphatic carbocycles. The van der Waals surface area contributed by atoms with E-state index >= 15 is 0 Å². The van der Waals surface area contributed by atoms with Gasteiger partial charge in [-0.3, -0.25) is 9.59 Å². The molecule has 0 heterocycles. The highest BCUT2D eigenvalue weighted by molar-refractivity contribution is 6.30. The summed E-state index contributed by atoms with van der Waals surface area (Å²) in [7, 11) is 0. The molecule has 2 rings (SSSR count). The number of likely N-dealkylation sites (N-methyl/N-ethyl adjacent to an activating group) is 1. The van der Waals surface area contributed by atoms with E-state index in [0.29, 0.717) is 22.9 Å². The Labute approximate surface area is 163 Å². The number of halogens is 2. The molecule has 27 heavy (non-hydrogen) atoms. The maximum absolute atomic E-state index is 14.0. The molecule has 0 saturated heterocycles. The van der Waals surface area contributed by atoms with Gasteiger partial charge in [0.2, 0.25) is 5.91 Å². The summed E-state index contributed by atoms with van der Waals surface area (Å²) in [6.07, 6.45) is 0. The minimum Gasteiger partial charge on any atom is -0.484 e. The zero-order valence-electron chi connectivity index (χ0n) is 15.2. The van der Waals surface area contributed by atoms with E-state index in [2.05, 4.69) is 5.32 Å². The van der Waals surface area contributed by atoms with Crippen molar-refractivity contribution in [2.45, 2.75) is 26.4 Å². The largest absolute Gasteiger partial charge is 0.484 e. The number of amides is 2. The van der Waals surface area contributed by atoms with Gasteiger partial charge in [0.1, 0.15) is 17.6 Å². The number of hydrogen-bond acceptors (Lipinski definition) is 3. The van der Waals surface area contributed by atoms with Gasteiger partial charge in [-0.1, -0.05) is 29.8 Å². The second kappa shape index (κ2) is 9.92. The van der Waals surface area contributed by atoms with E-state index in [-0.39, 0.29) is 19.1 Å². The van der Waals surface area contributed by atoms with Gasteiger partial charge in [0, 0.05) is 23.7 Å². The monoisotopic (exact) mass is 392 g/mol. The fourth-order valence-electron chi connectivity index (χ4n) is 2.47. The van der Waals surface area contributed by atoms with Crippen molar-refractivity contribution in [3.8, 4) is 5.75 Å². The molecule has 0 unspecified atom stereocenters. The molecule has 2 aromatic rings. The SMILES string of the molecule is CCNC(=O)[C@@H](C)N(Cc1ccccc1F)C(=O)COc1ccc(Cl)cc1. The van der Waals surface area contributed by atoms with Gasteiger partial charge in [0.25, 0.3) is 5.91 Å². The van der Waals surface area contributed by atoms with Gasteiger partial charge in [-0.15, -0.1) is 0 Å². The van der Waals surface area contributed by atoms with Crippen LogP contribution in [-0.2, 0) is 16.1 Å². The van der Waals surface area contributed by atoms with Crippen molar-refractivity contribution in [3.63, 3.8) is 0 Å². The number of benzene rings is 2. The molecule has 2 amide bonds. The average molecular weight is 393 g/mol. The molecule has 0 bridgehead atoms. The average Bonchev–Trinajstić information content (AvgIpc) is 2.66. The summed E-state index contributed by atoms with van der Waals surface area (Å²) >= 11 is 5.83. The minimum atomic E-state index is -0.772. The van der Waals surface area contributed by atoms with Crippen LogP contribution in [0.25, 0.3) is 0 Å². The molecular weight excluding hydrogens is 371 g/mol. The van der Waals surface area contributed by atoms with Crippen LogP contribution in [0.4, 0.5) is 4.39 Å². The number of carbonyl (C=O) groups is 2. The number of nitrogens with zero attached hydrogens (tertiary/aromatic N) is 1. The van der Waals surface area contributed by atoms with Gasteiger partial charge in [-0.05, 0) is 44.2 Å². The molecule has 1 atom stereocenters. The molecule has 0 spiro atoms. The smallest absolute Gasteiger partial charge is 0.261 e. The van der Waals surface area contributed by atoms with E-state index in [1.165, 1.54) is 11.0 Å². The van der Waals surface area contributed by atoms with Gasteiger partial charge in [0.05, 0.1) is 0 Å². The Hall–Kier alpha value is -2.60. The first-order valence-electron chi connectivity index (χ1n) is 8.61. The Balaban J connectivity index is 2.14. The maximum Gasteiger partial charge on any atom is 0.261 e. The molecule has 0 radical (unpaired) electrons. The van der Waals surface area contributed by atoms with Crippen LogP contribution in [0.2, 0.25) is 5.02 Å². The summed E-state index contributed by atoms with van der Waals surface area (Å²) in [5.74, 6) is -0.693. The second-order valence-corrected chi connectivity index (χ2v) is 6.36. The Morgan fingerprint density at radius 2 is 1.85 bits per heavy atom. The highest BCUT2D eigenvalue weighted by atomic mass is 35.5. The topological polar surface area (TPSA) is 58.6 Å². The normalized spacial score (nSPS) is 11.6. The first kappa shape index (κ1) is 20.7. The van der Waals surface area contributed by atoms with Crippen LogP contribution in [0.3, 0.4) is 0 Å². The van der Waals surface area contributed by atoms with E-state index in [0.717, 1.165) is 0 Å². The van der Waals surface area contributed by atoms with Crippen molar-refractivity contribution < 1.29 is 18.7 Å². The predicted octanol–water partition coefficient (Wildman–Crippen LogP) is 3.41. The summed E-state index contributed by atoms with van der Waals surface area (Å²) in [4.78, 5) is 26.2. The standard InChI is InChI=1S/C20H22ClFN2O3/c1-3-23-20(26)14(2)24(12-15-6-4-5-7-18(15)22)19(25)13-27-17-10-8-16(21)9-11-17/h4-11,14H,3,12-13H2,1-2H3,(H,23,26)/t14-/m1/s1. The lowest BCUT2D eigenvalue weighted by atomic mass is 10.1. The lowest BCUT2D eigenvalue weighted by molar-refractivity contribution is -0.142. The highest BCUT2D eigenvalue weighted by Crippen LogP contribution is 2.17. The Morgan fingerprint density at radius 1 is 1.19 bits per heavy atom. The van der Waals surface area contributed by atoms with Crippen LogP contribution in [0.1, 0.15) is 19.4 Å². The summed E-state index contributed by atoms with van der Waals surface area (Å²) in [5, 5.41) is 3.23. The first-order chi connectivity index (χ1) is 12.9. The lowest BCUT2D eigenvalue weighted by Crippen LogP contribution is -2.49. The molecule has 2 aromatic carbocycles. The Kier molecular flexibility index (Phi) is 7.61. The molecule has 0 aliphatic rings. The predicted molar refractivity (Wildman–Crippen MR) is 102 cm³/mol. The third-order valence-electron chi connectivity index (χ3n) is 3.99. The summed E-state index contributed by atoms with van der Waals surface area (Å²) in [6.45, 7) is 3.52. The van der Waals surface area contributed by atoms with Crippen molar-refractivity contribution in [3.05, 3.63) is 64.9 Å². The Morgan fingerprint density at radius 3 is 2.48 bits per heavy atom. The highest BCUT2D eigenvalue weighted by Gasteiger charge is 2.26. The summed E-state index contributed by atoms with van der Waals surface area (Å²) in [6, 6.07) is 12.0. The molecule has 0 aromatic heterocycles. The minimum absolute atomic E-state index is 0.0339. The van der Waals surface area contributed by atoms with Crippen LogP contribution in [0.15, 0.2) is 48.5 Å². The summed E-state index contributed by atoms with van der Waals surface area (Å²) in [5.41, 5.74) is 0.327. The van der Waals surface area contributed by atoms with Crippen molar-refractivity contribution in [1.82, 2.24) is 10.2 Å². The van der Waals surface area contributed by atoms with Crippen molar-refractivity contribution in [2.75, 3.05) is 13.2 Å². The second-order valence-electron chi connectivity index (χ2n) is 5.93. The number of nitrogens with one attached hydrogen (secondary N) is 1. The van der Waals surface area contributed by atoms with Crippen LogP contribution in [0, 0.1) is 5.82 Å². The molecule has 0 aliphatic heterocycles. The van der Waals surface area contributed by atoms with Gasteiger partial charge >= 0.3 is 0 Å². The zero-order chi connectivity index (χ0) is 19.8. The molecule has 0 saturated carbocycles. The van der Waals surface area contributed by atoms with Crippen LogP contribution >= 0.6 is 11.6 Å². The van der Waals surface area contributed by atoms with Gasteiger partial charge in [0.15, 0.2) is 6.61 Å². The van der Waals surface area contributed by atoms with E-state index in [1.807, 2.05) is 0 Å². The third-order valence-corrected chi connectivity index (χ3v) is 4.24. The van der Waals surface area contributed by atoms with Crippen LogP contribution in [0.5, 0.6) is 5.75 Å². The Bertz CT molecular complexity index is 783. The van der Waals surface area contributed by atoms with Crippen molar-refractivity contribution >= 4 is 23.4 Å². The third kappa shape index (κ3) is 5.96. The molecular formula is C20H22ClFN2O3. The summed E-state index contributed by atoms with van der Waals surface area (Å²) < 4.78 is 19.5. The van der Waals surface area contributed by atoms with E-state index in [4.69, 9.17) is 16.3 Å². The molecule has 1 N–H and O–H groups in total. The quantitative estimate of drug-likeness (QED) is 0.749. The van der Waals surface area contributed by atoms with Gasteiger partial charge in [-0.2, -0.15) is 0 Å². The molecule has 144 valence electrons. The van der Waals surface area contributed by atoms with Crippen LogP contribution < -0.4 is 10.1 Å². The van der Waals surface area contributed by atoms with E-state index in [1.54, 1.807) is 56.3 Å². The fraction of sp³-hybridized carbons (Fsp3) is 0.300. The van der Waals surface area contributed by atoms with E-state index < -0.39 is 17.8 Å². The first-order valence-corrected chi connectivity index (χ1v) is 8.99. The number of carbonyl (C=O) groups excluding carboxylic acids is 2.